The van der Waals surface area contributed by atoms with Gasteiger partial charge in [0.25, 0.3) is 5.91 Å². The lowest BCUT2D eigenvalue weighted by atomic mass is 9.79. The molecule has 3 aliphatic rings. The van der Waals surface area contributed by atoms with E-state index in [4.69, 9.17) is 9.15 Å². The van der Waals surface area contributed by atoms with Gasteiger partial charge in [0.1, 0.15) is 0 Å². The van der Waals surface area contributed by atoms with Crippen molar-refractivity contribution in [3.63, 3.8) is 0 Å². The highest BCUT2D eigenvalue weighted by atomic mass is 32.2. The van der Waals surface area contributed by atoms with Crippen molar-refractivity contribution in [1.29, 1.82) is 0 Å². The predicted octanol–water partition coefficient (Wildman–Crippen LogP) is 3.05. The molecule has 0 spiro atoms. The zero-order valence-corrected chi connectivity index (χ0v) is 15.8. The SMILES string of the molecule is COc1ncc(Sc2ccc(C(=O)N[C@@H]3C4CCN(CC4)[C@H]3C)cc2)o1. The molecule has 1 N–H and O–H groups in total. The number of carbonyl (C=O) groups excluding carboxylic acids is 1. The molecule has 138 valence electrons. The van der Waals surface area contributed by atoms with Crippen LogP contribution in [-0.4, -0.2) is 48.1 Å². The van der Waals surface area contributed by atoms with Crippen LogP contribution in [0, 0.1) is 5.92 Å². The number of fused-ring (bicyclic) bond motifs is 3. The molecule has 6 nitrogen and oxygen atoms in total. The van der Waals surface area contributed by atoms with E-state index in [1.165, 1.54) is 31.7 Å². The zero-order valence-electron chi connectivity index (χ0n) is 15.0. The quantitative estimate of drug-likeness (QED) is 0.869. The number of carbonyl (C=O) groups is 1. The summed E-state index contributed by atoms with van der Waals surface area (Å²) in [7, 11) is 1.52. The van der Waals surface area contributed by atoms with E-state index in [9.17, 15) is 4.79 Å². The molecule has 1 aromatic heterocycles. The number of rotatable bonds is 5. The largest absolute Gasteiger partial charge is 0.453 e. The first-order valence-electron chi connectivity index (χ1n) is 8.96. The predicted molar refractivity (Wildman–Crippen MR) is 98.6 cm³/mol. The van der Waals surface area contributed by atoms with Crippen molar-refractivity contribution in [2.24, 2.45) is 5.92 Å². The summed E-state index contributed by atoms with van der Waals surface area (Å²) in [5.74, 6) is 0.615. The van der Waals surface area contributed by atoms with Crippen molar-refractivity contribution in [3.05, 3.63) is 36.0 Å². The Morgan fingerprint density at radius 1 is 1.31 bits per heavy atom. The highest BCUT2D eigenvalue weighted by molar-refractivity contribution is 7.99. The lowest BCUT2D eigenvalue weighted by molar-refractivity contribution is 0.0217. The molecule has 7 heteroatoms. The zero-order chi connectivity index (χ0) is 18.1. The van der Waals surface area contributed by atoms with Crippen molar-refractivity contribution >= 4 is 17.7 Å². The Balaban J connectivity index is 1.39. The van der Waals surface area contributed by atoms with Crippen LogP contribution in [0.15, 0.2) is 44.9 Å². The molecule has 0 unspecified atom stereocenters. The van der Waals surface area contributed by atoms with E-state index in [1.807, 2.05) is 24.3 Å². The first-order valence-corrected chi connectivity index (χ1v) is 9.78. The molecule has 2 atom stereocenters. The normalized spacial score (nSPS) is 27.3. The summed E-state index contributed by atoms with van der Waals surface area (Å²) in [6.45, 7) is 4.55. The number of benzene rings is 1. The summed E-state index contributed by atoms with van der Waals surface area (Å²) in [6.07, 6.45) is 4.24. The fraction of sp³-hybridized carbons (Fsp3) is 0.474. The summed E-state index contributed by atoms with van der Waals surface area (Å²) in [5, 5.41) is 3.92. The van der Waals surface area contributed by atoms with Gasteiger partial charge in [0.2, 0.25) is 0 Å². The van der Waals surface area contributed by atoms with Gasteiger partial charge >= 0.3 is 6.08 Å². The number of amides is 1. The first kappa shape index (κ1) is 17.4. The molecule has 3 fully saturated rings. The van der Waals surface area contributed by atoms with Gasteiger partial charge in [0.05, 0.1) is 13.3 Å². The van der Waals surface area contributed by atoms with Crippen LogP contribution in [0.2, 0.25) is 0 Å². The van der Waals surface area contributed by atoms with Gasteiger partial charge in [-0.1, -0.05) is 11.8 Å². The minimum atomic E-state index is 0.00786. The highest BCUT2D eigenvalue weighted by Crippen LogP contribution is 2.33. The van der Waals surface area contributed by atoms with Crippen LogP contribution in [0.3, 0.4) is 0 Å². The molecule has 0 saturated carbocycles. The third kappa shape index (κ3) is 3.46. The van der Waals surface area contributed by atoms with Crippen LogP contribution < -0.4 is 10.1 Å². The number of oxazole rings is 1. The van der Waals surface area contributed by atoms with E-state index in [0.29, 0.717) is 22.6 Å². The molecule has 5 rings (SSSR count). The topological polar surface area (TPSA) is 67.6 Å². The first-order chi connectivity index (χ1) is 12.6. The molecule has 1 aromatic carbocycles. The second-order valence-corrected chi connectivity index (χ2v) is 7.97. The Bertz CT molecular complexity index is 767. The molecule has 0 aliphatic carbocycles. The van der Waals surface area contributed by atoms with Gasteiger partial charge in [0.15, 0.2) is 5.09 Å². The third-order valence-corrected chi connectivity index (χ3v) is 6.35. The van der Waals surface area contributed by atoms with Crippen molar-refractivity contribution in [1.82, 2.24) is 15.2 Å². The Morgan fingerprint density at radius 3 is 2.65 bits per heavy atom. The number of methoxy groups -OCH3 is 1. The van der Waals surface area contributed by atoms with Crippen molar-refractivity contribution in [2.75, 3.05) is 20.2 Å². The van der Waals surface area contributed by atoms with Crippen LogP contribution in [0.4, 0.5) is 0 Å². The maximum Gasteiger partial charge on any atom is 0.394 e. The summed E-state index contributed by atoms with van der Waals surface area (Å²) in [5.41, 5.74) is 0.688. The lowest BCUT2D eigenvalue weighted by Gasteiger charge is -2.49. The molecule has 26 heavy (non-hydrogen) atoms. The van der Waals surface area contributed by atoms with Crippen LogP contribution in [-0.2, 0) is 0 Å². The van der Waals surface area contributed by atoms with Crippen molar-refractivity contribution < 1.29 is 13.9 Å². The number of nitrogens with one attached hydrogen (secondary N) is 1. The maximum atomic E-state index is 12.7. The van der Waals surface area contributed by atoms with Gasteiger partial charge in [-0.25, -0.2) is 0 Å². The van der Waals surface area contributed by atoms with Crippen molar-refractivity contribution in [3.8, 4) is 6.08 Å². The Hall–Kier alpha value is -1.99. The maximum absolute atomic E-state index is 12.7. The molecular formula is C19H23N3O3S. The Kier molecular flexibility index (Phi) is 4.91. The van der Waals surface area contributed by atoms with Crippen LogP contribution >= 0.6 is 11.8 Å². The van der Waals surface area contributed by atoms with Crippen LogP contribution in [0.5, 0.6) is 6.08 Å². The number of hydrogen-bond donors (Lipinski definition) is 1. The van der Waals surface area contributed by atoms with Crippen molar-refractivity contribution in [2.45, 2.75) is 41.8 Å². The standard InChI is InChI=1S/C19H23N3O3S/c1-12-17(13-7-9-22(12)10-8-13)21-18(23)14-3-5-15(6-4-14)26-16-11-20-19(24-2)25-16/h3-6,11-13,17H,7-10H2,1-2H3,(H,21,23)/t12-,17-/m0/s1. The van der Waals surface area contributed by atoms with Gasteiger partial charge in [-0.05, 0) is 63.0 Å². The fourth-order valence-electron chi connectivity index (χ4n) is 3.96. The Morgan fingerprint density at radius 2 is 2.04 bits per heavy atom. The third-order valence-electron chi connectivity index (χ3n) is 5.45. The van der Waals surface area contributed by atoms with Gasteiger partial charge in [-0.2, -0.15) is 4.98 Å². The monoisotopic (exact) mass is 373 g/mol. The Labute approximate surface area is 157 Å². The second-order valence-electron chi connectivity index (χ2n) is 6.89. The van der Waals surface area contributed by atoms with Gasteiger partial charge in [0, 0.05) is 22.5 Å². The van der Waals surface area contributed by atoms with E-state index in [2.05, 4.69) is 22.1 Å². The molecule has 2 bridgehead atoms. The molecule has 3 saturated heterocycles. The average molecular weight is 373 g/mol. The molecule has 0 radical (unpaired) electrons. The van der Waals surface area contributed by atoms with E-state index in [-0.39, 0.29) is 18.0 Å². The van der Waals surface area contributed by atoms with Gasteiger partial charge in [-0.15, -0.1) is 0 Å². The summed E-state index contributed by atoms with van der Waals surface area (Å²) < 4.78 is 10.3. The summed E-state index contributed by atoms with van der Waals surface area (Å²) >= 11 is 1.44. The number of hydrogen-bond acceptors (Lipinski definition) is 6. The summed E-state index contributed by atoms with van der Waals surface area (Å²) in [4.78, 5) is 20.1. The fourth-order valence-corrected chi connectivity index (χ4v) is 4.68. The second kappa shape index (κ2) is 7.32. The number of piperidine rings is 3. The number of ether oxygens (including phenoxy) is 1. The van der Waals surface area contributed by atoms with Gasteiger partial charge < -0.3 is 14.5 Å². The highest BCUT2D eigenvalue weighted by Gasteiger charge is 2.40. The van der Waals surface area contributed by atoms with Crippen LogP contribution in [0.25, 0.3) is 0 Å². The van der Waals surface area contributed by atoms with E-state index >= 15 is 0 Å². The molecule has 3 aliphatic heterocycles. The minimum absolute atomic E-state index is 0.00786. The summed E-state index contributed by atoms with van der Waals surface area (Å²) in [6, 6.07) is 8.24. The van der Waals surface area contributed by atoms with E-state index in [0.717, 1.165) is 18.0 Å². The molecule has 1 amide bonds. The van der Waals surface area contributed by atoms with Crippen LogP contribution in [0.1, 0.15) is 30.1 Å². The lowest BCUT2D eigenvalue weighted by Crippen LogP contribution is -2.62. The minimum Gasteiger partial charge on any atom is -0.453 e. The molecule has 2 aromatic rings. The van der Waals surface area contributed by atoms with E-state index in [1.54, 1.807) is 6.20 Å². The molecule has 4 heterocycles. The number of nitrogens with zero attached hydrogens (tertiary/aromatic N) is 2. The average Bonchev–Trinajstić information content (AvgIpc) is 3.13. The smallest absolute Gasteiger partial charge is 0.394 e. The van der Waals surface area contributed by atoms with E-state index < -0.39 is 0 Å². The number of aromatic nitrogens is 1. The molecular weight excluding hydrogens is 350 g/mol. The van der Waals surface area contributed by atoms with Gasteiger partial charge in [-0.3, -0.25) is 9.69 Å².